The van der Waals surface area contributed by atoms with E-state index in [1.54, 1.807) is 0 Å². The van der Waals surface area contributed by atoms with E-state index in [0.717, 1.165) is 47.3 Å². The maximum Gasteiger partial charge on any atom is 0.315 e. The molecule has 0 aromatic heterocycles. The largest absolute Gasteiger partial charge is 0.392 e. The molecule has 4 aromatic carbocycles. The second kappa shape index (κ2) is 14.8. The zero-order valence-corrected chi connectivity index (χ0v) is 24.0. The molecule has 7 heteroatoms. The van der Waals surface area contributed by atoms with Crippen molar-refractivity contribution < 1.29 is 19.4 Å². The average molecular weight is 566 g/mol. The number of likely N-dealkylation sites (N-methyl/N-ethyl adjacent to an activating group) is 1. The monoisotopic (exact) mass is 565 g/mol. The van der Waals surface area contributed by atoms with Gasteiger partial charge in [0.1, 0.15) is 0 Å². The van der Waals surface area contributed by atoms with Crippen molar-refractivity contribution in [3.63, 3.8) is 0 Å². The lowest BCUT2D eigenvalue weighted by Crippen LogP contribution is -2.37. The number of aliphatic hydroxyl groups excluding tert-OH is 1. The van der Waals surface area contributed by atoms with Crippen molar-refractivity contribution in [1.29, 1.82) is 0 Å². The Morgan fingerprint density at radius 2 is 1.29 bits per heavy atom. The molecule has 3 N–H and O–H groups in total. The topological polar surface area (TPSA) is 83.1 Å². The standard InChI is InChI=1S/C35H39N3O4/c1-38(23-28-10-6-3-7-11-28)24-32-20-33(30-16-14-29(25-39)15-17-30)42-34(41-32)31-18-12-27(13-19-31)22-37-35(40)36-21-26-8-4-2-5-9-26/h2-19,32-34,39H,20-25H2,1H3,(H2,36,37,40). The van der Waals surface area contributed by atoms with Crippen LogP contribution in [0.4, 0.5) is 4.79 Å². The summed E-state index contributed by atoms with van der Waals surface area (Å²) in [6.45, 7) is 2.51. The minimum absolute atomic E-state index is 0.0142. The Morgan fingerprint density at radius 3 is 1.90 bits per heavy atom. The van der Waals surface area contributed by atoms with Gasteiger partial charge in [0, 0.05) is 38.2 Å². The fourth-order valence-corrected chi connectivity index (χ4v) is 5.16. The van der Waals surface area contributed by atoms with Crippen molar-refractivity contribution >= 4 is 6.03 Å². The summed E-state index contributed by atoms with van der Waals surface area (Å²) in [6.07, 6.45) is 0.0391. The van der Waals surface area contributed by atoms with Gasteiger partial charge < -0.3 is 25.2 Å². The maximum atomic E-state index is 12.3. The van der Waals surface area contributed by atoms with E-state index in [4.69, 9.17) is 9.47 Å². The summed E-state index contributed by atoms with van der Waals surface area (Å²) in [6, 6.07) is 36.0. The van der Waals surface area contributed by atoms with E-state index in [0.29, 0.717) is 13.1 Å². The smallest absolute Gasteiger partial charge is 0.315 e. The number of ether oxygens (including phenoxy) is 2. The summed E-state index contributed by atoms with van der Waals surface area (Å²) in [7, 11) is 2.11. The van der Waals surface area contributed by atoms with E-state index in [1.807, 2.05) is 84.9 Å². The second-order valence-electron chi connectivity index (χ2n) is 10.8. The van der Waals surface area contributed by atoms with Gasteiger partial charge in [-0.05, 0) is 34.9 Å². The second-order valence-corrected chi connectivity index (χ2v) is 10.8. The molecule has 218 valence electrons. The number of hydrogen-bond acceptors (Lipinski definition) is 5. The van der Waals surface area contributed by atoms with Crippen LogP contribution in [-0.4, -0.2) is 35.7 Å². The van der Waals surface area contributed by atoms with Gasteiger partial charge in [0.25, 0.3) is 0 Å². The van der Waals surface area contributed by atoms with E-state index in [2.05, 4.69) is 46.8 Å². The highest BCUT2D eigenvalue weighted by Gasteiger charge is 2.32. The van der Waals surface area contributed by atoms with Crippen molar-refractivity contribution in [3.05, 3.63) is 143 Å². The lowest BCUT2D eigenvalue weighted by Gasteiger charge is -2.38. The number of urea groups is 1. The number of benzene rings is 4. The summed E-state index contributed by atoms with van der Waals surface area (Å²) in [5.41, 5.74) is 6.17. The van der Waals surface area contributed by atoms with Crippen molar-refractivity contribution in [2.24, 2.45) is 0 Å². The molecule has 0 saturated carbocycles. The summed E-state index contributed by atoms with van der Waals surface area (Å²) in [5, 5.41) is 15.3. The number of amides is 2. The van der Waals surface area contributed by atoms with Gasteiger partial charge in [0.05, 0.1) is 18.8 Å². The van der Waals surface area contributed by atoms with E-state index in [1.165, 1.54) is 5.56 Å². The Morgan fingerprint density at radius 1 is 0.738 bits per heavy atom. The molecule has 1 aliphatic rings. The third kappa shape index (κ3) is 8.50. The van der Waals surface area contributed by atoms with E-state index < -0.39 is 6.29 Å². The minimum atomic E-state index is -0.521. The van der Waals surface area contributed by atoms with Crippen LogP contribution in [0.1, 0.15) is 52.2 Å². The van der Waals surface area contributed by atoms with Crippen molar-refractivity contribution in [3.8, 4) is 0 Å². The van der Waals surface area contributed by atoms with Crippen LogP contribution in [0.2, 0.25) is 0 Å². The Bertz CT molecular complexity index is 1380. The maximum absolute atomic E-state index is 12.3. The molecule has 1 aliphatic heterocycles. The van der Waals surface area contributed by atoms with Crippen LogP contribution < -0.4 is 10.6 Å². The highest BCUT2D eigenvalue weighted by Crippen LogP contribution is 2.38. The average Bonchev–Trinajstić information content (AvgIpc) is 3.04. The highest BCUT2D eigenvalue weighted by molar-refractivity contribution is 5.73. The molecule has 0 aliphatic carbocycles. The zero-order valence-electron chi connectivity index (χ0n) is 24.0. The highest BCUT2D eigenvalue weighted by atomic mass is 16.7. The summed E-state index contributed by atoms with van der Waals surface area (Å²) < 4.78 is 13.0. The van der Waals surface area contributed by atoms with Crippen molar-refractivity contribution in [2.75, 3.05) is 13.6 Å². The number of rotatable bonds is 11. The van der Waals surface area contributed by atoms with Gasteiger partial charge in [-0.1, -0.05) is 109 Å². The summed E-state index contributed by atoms with van der Waals surface area (Å²) in [5.74, 6) is 0. The van der Waals surface area contributed by atoms with Gasteiger partial charge in [0.2, 0.25) is 0 Å². The first-order chi connectivity index (χ1) is 20.6. The Balaban J connectivity index is 1.21. The number of carbonyl (C=O) groups is 1. The number of nitrogens with zero attached hydrogens (tertiary/aromatic N) is 1. The molecule has 0 radical (unpaired) electrons. The zero-order chi connectivity index (χ0) is 29.1. The minimum Gasteiger partial charge on any atom is -0.392 e. The van der Waals surface area contributed by atoms with Gasteiger partial charge in [-0.15, -0.1) is 0 Å². The SMILES string of the molecule is CN(Cc1ccccc1)CC1CC(c2ccc(CO)cc2)OC(c2ccc(CNC(=O)NCc3ccccc3)cc2)O1. The molecular formula is C35H39N3O4. The molecule has 3 atom stereocenters. The molecule has 42 heavy (non-hydrogen) atoms. The molecule has 2 amide bonds. The molecule has 7 nitrogen and oxygen atoms in total. The van der Waals surface area contributed by atoms with Crippen LogP contribution >= 0.6 is 0 Å². The molecule has 3 unspecified atom stereocenters. The predicted octanol–water partition coefficient (Wildman–Crippen LogP) is 5.86. The predicted molar refractivity (Wildman–Crippen MR) is 163 cm³/mol. The summed E-state index contributed by atoms with van der Waals surface area (Å²) in [4.78, 5) is 14.6. The lowest BCUT2D eigenvalue weighted by atomic mass is 9.99. The molecular weight excluding hydrogens is 526 g/mol. The first kappa shape index (κ1) is 29.5. The number of hydrogen-bond donors (Lipinski definition) is 3. The van der Waals surface area contributed by atoms with E-state index >= 15 is 0 Å². The van der Waals surface area contributed by atoms with Gasteiger partial charge in [-0.2, -0.15) is 0 Å². The third-order valence-corrected chi connectivity index (χ3v) is 7.43. The third-order valence-electron chi connectivity index (χ3n) is 7.43. The Hall–Kier alpha value is -4.01. The van der Waals surface area contributed by atoms with Crippen LogP contribution in [0.5, 0.6) is 0 Å². The molecule has 0 bridgehead atoms. The number of aliphatic hydroxyl groups is 1. The molecule has 1 heterocycles. The van der Waals surface area contributed by atoms with Crippen molar-refractivity contribution in [2.45, 2.75) is 51.2 Å². The number of nitrogens with one attached hydrogen (secondary N) is 2. The first-order valence-electron chi connectivity index (χ1n) is 14.4. The first-order valence-corrected chi connectivity index (χ1v) is 14.4. The van der Waals surface area contributed by atoms with Gasteiger partial charge in [-0.3, -0.25) is 4.90 Å². The van der Waals surface area contributed by atoms with E-state index in [-0.39, 0.29) is 24.8 Å². The van der Waals surface area contributed by atoms with Crippen LogP contribution in [0.15, 0.2) is 109 Å². The van der Waals surface area contributed by atoms with Crippen molar-refractivity contribution in [1.82, 2.24) is 15.5 Å². The normalized spacial score (nSPS) is 18.5. The van der Waals surface area contributed by atoms with Gasteiger partial charge in [-0.25, -0.2) is 4.79 Å². The molecule has 5 rings (SSSR count). The van der Waals surface area contributed by atoms with Crippen LogP contribution in [0.3, 0.4) is 0 Å². The van der Waals surface area contributed by atoms with Gasteiger partial charge in [0.15, 0.2) is 6.29 Å². The Labute approximate surface area is 248 Å². The van der Waals surface area contributed by atoms with Crippen LogP contribution in [0.25, 0.3) is 0 Å². The molecule has 1 saturated heterocycles. The quantitative estimate of drug-likeness (QED) is 0.212. The molecule has 0 spiro atoms. The fourth-order valence-electron chi connectivity index (χ4n) is 5.16. The fraction of sp³-hybridized carbons (Fsp3) is 0.286. The molecule has 4 aromatic rings. The van der Waals surface area contributed by atoms with E-state index in [9.17, 15) is 9.90 Å². The lowest BCUT2D eigenvalue weighted by molar-refractivity contribution is -0.252. The van der Waals surface area contributed by atoms with Crippen LogP contribution in [-0.2, 0) is 35.7 Å². The van der Waals surface area contributed by atoms with Gasteiger partial charge >= 0.3 is 6.03 Å². The Kier molecular flexibility index (Phi) is 10.4. The summed E-state index contributed by atoms with van der Waals surface area (Å²) >= 11 is 0. The van der Waals surface area contributed by atoms with Crippen LogP contribution in [0, 0.1) is 0 Å². The number of carbonyl (C=O) groups excluding carboxylic acids is 1. The molecule has 1 fully saturated rings.